The summed E-state index contributed by atoms with van der Waals surface area (Å²) in [5, 5.41) is 11.5. The summed E-state index contributed by atoms with van der Waals surface area (Å²) in [6.07, 6.45) is 1.39. The van der Waals surface area contributed by atoms with E-state index in [4.69, 9.17) is 4.74 Å². The molecule has 4 nitrogen and oxygen atoms in total. The predicted molar refractivity (Wildman–Crippen MR) is 106 cm³/mol. The number of hydrogen-bond acceptors (Lipinski definition) is 3. The summed E-state index contributed by atoms with van der Waals surface area (Å²) in [4.78, 5) is 0. The van der Waals surface area contributed by atoms with Crippen LogP contribution in [0.1, 0.15) is 42.4 Å². The highest BCUT2D eigenvalue weighted by atomic mass is 19.4. The van der Waals surface area contributed by atoms with Gasteiger partial charge in [0.05, 0.1) is 23.4 Å². The number of alkyl halides is 3. The highest BCUT2D eigenvalue weighted by Gasteiger charge is 2.30. The summed E-state index contributed by atoms with van der Waals surface area (Å²) in [6, 6.07) is 9.77. The average Bonchev–Trinajstić information content (AvgIpc) is 3.19. The quantitative estimate of drug-likeness (QED) is 0.602. The fraction of sp³-hybridized carbons (Fsp3) is 0.409. The smallest absolute Gasteiger partial charge is 0.416 e. The average molecular weight is 403 g/mol. The fourth-order valence-corrected chi connectivity index (χ4v) is 3.95. The minimum absolute atomic E-state index is 0.157. The van der Waals surface area contributed by atoms with E-state index in [0.717, 1.165) is 54.0 Å². The third-order valence-corrected chi connectivity index (χ3v) is 5.66. The molecule has 3 aromatic rings. The molecule has 1 aliphatic carbocycles. The number of hydrogen-bond donors (Lipinski definition) is 2. The van der Waals surface area contributed by atoms with E-state index in [1.165, 1.54) is 12.1 Å². The van der Waals surface area contributed by atoms with E-state index in [2.05, 4.69) is 15.5 Å². The summed E-state index contributed by atoms with van der Waals surface area (Å²) in [5.41, 5.74) is 2.14. The molecule has 29 heavy (non-hydrogen) atoms. The fourth-order valence-electron chi connectivity index (χ4n) is 3.95. The number of rotatable bonds is 5. The predicted octanol–water partition coefficient (Wildman–Crippen LogP) is 5.37. The van der Waals surface area contributed by atoms with Gasteiger partial charge in [-0.25, -0.2) is 0 Å². The first-order chi connectivity index (χ1) is 13.9. The van der Waals surface area contributed by atoms with Crippen LogP contribution in [0.15, 0.2) is 42.6 Å². The molecule has 7 heteroatoms. The molecule has 1 saturated carbocycles. The summed E-state index contributed by atoms with van der Waals surface area (Å²) < 4.78 is 44.8. The largest absolute Gasteiger partial charge is 0.490 e. The van der Waals surface area contributed by atoms with E-state index in [-0.39, 0.29) is 6.10 Å². The van der Waals surface area contributed by atoms with Crippen LogP contribution >= 0.6 is 0 Å². The van der Waals surface area contributed by atoms with Crippen LogP contribution in [0.2, 0.25) is 0 Å². The minimum atomic E-state index is -4.30. The first-order valence-electron chi connectivity index (χ1n) is 9.89. The van der Waals surface area contributed by atoms with E-state index in [9.17, 15) is 13.2 Å². The van der Waals surface area contributed by atoms with Crippen LogP contribution in [-0.2, 0) is 12.7 Å². The second kappa shape index (κ2) is 8.06. The monoisotopic (exact) mass is 403 g/mol. The number of aromatic nitrogens is 2. The summed E-state index contributed by atoms with van der Waals surface area (Å²) in [5.74, 6) is 0.888. The highest BCUT2D eigenvalue weighted by Crippen LogP contribution is 2.31. The van der Waals surface area contributed by atoms with Crippen molar-refractivity contribution in [3.05, 3.63) is 59.3 Å². The van der Waals surface area contributed by atoms with Crippen molar-refractivity contribution < 1.29 is 17.9 Å². The normalized spacial score (nSPS) is 20.1. The van der Waals surface area contributed by atoms with E-state index in [0.29, 0.717) is 18.2 Å². The van der Waals surface area contributed by atoms with Crippen molar-refractivity contribution >= 4 is 10.9 Å². The molecule has 0 radical (unpaired) electrons. The molecular formula is C22H24F3N3O. The SMILES string of the molecule is Cc1c(OC2CCC(NCc3cccc(C(F)(F)F)c3)CC2)ccc2[nH]ncc12. The lowest BCUT2D eigenvalue weighted by molar-refractivity contribution is -0.137. The van der Waals surface area contributed by atoms with E-state index in [1.807, 2.05) is 25.3 Å². The lowest BCUT2D eigenvalue weighted by Crippen LogP contribution is -2.36. The maximum Gasteiger partial charge on any atom is 0.416 e. The van der Waals surface area contributed by atoms with Gasteiger partial charge in [-0.05, 0) is 56.4 Å². The van der Waals surface area contributed by atoms with Crippen LogP contribution in [0.5, 0.6) is 5.75 Å². The molecule has 2 aromatic carbocycles. The molecule has 0 saturated heterocycles. The first kappa shape index (κ1) is 19.8. The van der Waals surface area contributed by atoms with Gasteiger partial charge < -0.3 is 10.1 Å². The van der Waals surface area contributed by atoms with Crippen molar-refractivity contribution in [3.63, 3.8) is 0 Å². The topological polar surface area (TPSA) is 49.9 Å². The zero-order valence-electron chi connectivity index (χ0n) is 16.2. The van der Waals surface area contributed by atoms with Crippen molar-refractivity contribution in [2.45, 2.75) is 57.5 Å². The number of nitrogens with zero attached hydrogens (tertiary/aromatic N) is 1. The molecule has 0 atom stereocenters. The van der Waals surface area contributed by atoms with E-state index in [1.54, 1.807) is 6.07 Å². The third-order valence-electron chi connectivity index (χ3n) is 5.66. The third kappa shape index (κ3) is 4.56. The maximum atomic E-state index is 12.8. The molecular weight excluding hydrogens is 379 g/mol. The van der Waals surface area contributed by atoms with Crippen molar-refractivity contribution in [2.24, 2.45) is 0 Å². The van der Waals surface area contributed by atoms with Gasteiger partial charge in [0.25, 0.3) is 0 Å². The molecule has 154 valence electrons. The van der Waals surface area contributed by atoms with Crippen molar-refractivity contribution in [1.29, 1.82) is 0 Å². The number of aromatic amines is 1. The second-order valence-corrected chi connectivity index (χ2v) is 7.69. The molecule has 1 fully saturated rings. The van der Waals surface area contributed by atoms with Gasteiger partial charge in [0.2, 0.25) is 0 Å². The Hall–Kier alpha value is -2.54. The highest BCUT2D eigenvalue weighted by molar-refractivity contribution is 5.83. The Morgan fingerprint density at radius 2 is 1.93 bits per heavy atom. The number of ether oxygens (including phenoxy) is 1. The van der Waals surface area contributed by atoms with Crippen LogP contribution in [-0.4, -0.2) is 22.3 Å². The lowest BCUT2D eigenvalue weighted by atomic mass is 9.92. The Balaban J connectivity index is 1.29. The summed E-state index contributed by atoms with van der Waals surface area (Å²) in [7, 11) is 0. The Morgan fingerprint density at radius 1 is 1.14 bits per heavy atom. The zero-order valence-corrected chi connectivity index (χ0v) is 16.2. The number of halogens is 3. The summed E-state index contributed by atoms with van der Waals surface area (Å²) >= 11 is 0. The number of nitrogens with one attached hydrogen (secondary N) is 2. The van der Waals surface area contributed by atoms with Gasteiger partial charge in [-0.3, -0.25) is 5.10 Å². The zero-order chi connectivity index (χ0) is 20.4. The first-order valence-corrected chi connectivity index (χ1v) is 9.89. The van der Waals surface area contributed by atoms with Crippen LogP contribution in [0.4, 0.5) is 13.2 Å². The second-order valence-electron chi connectivity index (χ2n) is 7.69. The number of aryl methyl sites for hydroxylation is 1. The molecule has 4 rings (SSSR count). The standard InChI is InChI=1S/C22H24F3N3O/c1-14-19-13-27-28-20(19)9-10-21(14)29-18-7-5-17(6-8-18)26-12-15-3-2-4-16(11-15)22(23,24)25/h2-4,9-11,13,17-18,26H,5-8,12H2,1H3,(H,27,28). The number of benzene rings is 2. The Morgan fingerprint density at radius 3 is 2.69 bits per heavy atom. The molecule has 0 aliphatic heterocycles. The van der Waals surface area contributed by atoms with Crippen LogP contribution in [0, 0.1) is 6.92 Å². The number of fused-ring (bicyclic) bond motifs is 1. The van der Waals surface area contributed by atoms with Gasteiger partial charge in [-0.1, -0.05) is 18.2 Å². The number of H-pyrrole nitrogens is 1. The van der Waals surface area contributed by atoms with Crippen molar-refractivity contribution in [2.75, 3.05) is 0 Å². The molecule has 0 unspecified atom stereocenters. The van der Waals surface area contributed by atoms with E-state index >= 15 is 0 Å². The molecule has 0 amide bonds. The molecule has 1 aliphatic rings. The Bertz CT molecular complexity index is 975. The molecule has 2 N–H and O–H groups in total. The van der Waals surface area contributed by atoms with Gasteiger partial charge in [0.15, 0.2) is 0 Å². The van der Waals surface area contributed by atoms with Gasteiger partial charge in [-0.2, -0.15) is 18.3 Å². The van der Waals surface area contributed by atoms with Crippen molar-refractivity contribution in [1.82, 2.24) is 15.5 Å². The van der Waals surface area contributed by atoms with Crippen LogP contribution < -0.4 is 10.1 Å². The van der Waals surface area contributed by atoms with E-state index < -0.39 is 11.7 Å². The molecule has 0 bridgehead atoms. The van der Waals surface area contributed by atoms with Crippen molar-refractivity contribution in [3.8, 4) is 5.75 Å². The summed E-state index contributed by atoms with van der Waals surface area (Å²) in [6.45, 7) is 2.48. The van der Waals surface area contributed by atoms with Crippen LogP contribution in [0.25, 0.3) is 10.9 Å². The van der Waals surface area contributed by atoms with Gasteiger partial charge in [-0.15, -0.1) is 0 Å². The van der Waals surface area contributed by atoms with Gasteiger partial charge >= 0.3 is 6.18 Å². The molecule has 1 heterocycles. The molecule has 0 spiro atoms. The van der Waals surface area contributed by atoms with Gasteiger partial charge in [0, 0.05) is 23.5 Å². The Kier molecular flexibility index (Phi) is 5.50. The minimum Gasteiger partial charge on any atom is -0.490 e. The van der Waals surface area contributed by atoms with Crippen LogP contribution in [0.3, 0.4) is 0 Å². The van der Waals surface area contributed by atoms with Gasteiger partial charge in [0.1, 0.15) is 5.75 Å². The maximum absolute atomic E-state index is 12.8. The lowest BCUT2D eigenvalue weighted by Gasteiger charge is -2.30. The molecule has 1 aromatic heterocycles. The Labute approximate surface area is 167 Å².